The maximum atomic E-state index is 9.93. The molecule has 4 nitrogen and oxygen atoms in total. The highest BCUT2D eigenvalue weighted by Crippen LogP contribution is 2.24. The lowest BCUT2D eigenvalue weighted by molar-refractivity contribution is 0.0715. The predicted molar refractivity (Wildman–Crippen MR) is 108 cm³/mol. The Balaban J connectivity index is 1.80. The number of halogens is 1. The molecule has 2 aromatic carbocycles. The van der Waals surface area contributed by atoms with Crippen molar-refractivity contribution in [3.05, 3.63) is 77.3 Å². The van der Waals surface area contributed by atoms with Crippen molar-refractivity contribution >= 4 is 11.6 Å². The summed E-state index contributed by atoms with van der Waals surface area (Å²) < 4.78 is 5.97. The molecule has 3 aromatic rings. The molecular formula is C22H25ClN2O2. The molecule has 5 heteroatoms. The largest absolute Gasteiger partial charge is 0.439 e. The highest BCUT2D eigenvalue weighted by Gasteiger charge is 2.23. The lowest BCUT2D eigenvalue weighted by Crippen LogP contribution is -2.40. The summed E-state index contributed by atoms with van der Waals surface area (Å²) in [6, 6.07) is 17.8. The van der Waals surface area contributed by atoms with Crippen LogP contribution >= 0.6 is 11.6 Å². The van der Waals surface area contributed by atoms with Gasteiger partial charge < -0.3 is 9.52 Å². The van der Waals surface area contributed by atoms with Crippen molar-refractivity contribution in [3.8, 4) is 11.3 Å². The zero-order valence-corrected chi connectivity index (χ0v) is 16.4. The van der Waals surface area contributed by atoms with Crippen LogP contribution in [0.2, 0.25) is 5.02 Å². The highest BCUT2D eigenvalue weighted by molar-refractivity contribution is 6.30. The molecule has 0 aliphatic rings. The Kier molecular flexibility index (Phi) is 6.67. The maximum Gasteiger partial charge on any atom is 0.209 e. The van der Waals surface area contributed by atoms with E-state index in [1.54, 1.807) is 6.20 Å². The molecule has 0 saturated carbocycles. The molecule has 1 heterocycles. The first-order chi connectivity index (χ1) is 13.1. The van der Waals surface area contributed by atoms with E-state index in [-0.39, 0.29) is 12.6 Å². The molecule has 142 valence electrons. The first-order valence-corrected chi connectivity index (χ1v) is 9.54. The minimum Gasteiger partial charge on any atom is -0.439 e. The number of oxazole rings is 1. The Hall–Kier alpha value is -2.14. The average molecular weight is 385 g/mol. The standard InChI is InChI=1S/C22H25ClN2O2/c1-16(2)20(15-26)25(13-17-6-4-3-5-7-17)14-22-24-12-21(27-22)18-8-10-19(23)11-9-18/h3-12,16,20,26H,13-15H2,1-2H3. The van der Waals surface area contributed by atoms with E-state index < -0.39 is 0 Å². The number of aliphatic hydroxyl groups excluding tert-OH is 1. The van der Waals surface area contributed by atoms with Crippen molar-refractivity contribution in [2.45, 2.75) is 33.0 Å². The van der Waals surface area contributed by atoms with E-state index in [1.165, 1.54) is 5.56 Å². The van der Waals surface area contributed by atoms with Crippen molar-refractivity contribution in [1.82, 2.24) is 9.88 Å². The molecule has 0 radical (unpaired) electrons. The van der Waals surface area contributed by atoms with E-state index in [0.717, 1.165) is 12.1 Å². The van der Waals surface area contributed by atoms with Gasteiger partial charge in [0.25, 0.3) is 0 Å². The van der Waals surface area contributed by atoms with Gasteiger partial charge in [0, 0.05) is 23.2 Å². The molecule has 0 aliphatic heterocycles. The minimum absolute atomic E-state index is 0.0242. The van der Waals surface area contributed by atoms with Gasteiger partial charge in [0.05, 0.1) is 19.3 Å². The van der Waals surface area contributed by atoms with Crippen LogP contribution in [-0.2, 0) is 13.1 Å². The summed E-state index contributed by atoms with van der Waals surface area (Å²) >= 11 is 5.95. The van der Waals surface area contributed by atoms with Crippen LogP contribution in [0.5, 0.6) is 0 Å². The number of hydrogen-bond acceptors (Lipinski definition) is 4. The van der Waals surface area contributed by atoms with Crippen LogP contribution in [0.3, 0.4) is 0 Å². The molecule has 0 saturated heterocycles. The topological polar surface area (TPSA) is 49.5 Å². The average Bonchev–Trinajstić information content (AvgIpc) is 3.12. The van der Waals surface area contributed by atoms with Gasteiger partial charge in [0.2, 0.25) is 5.89 Å². The molecule has 1 unspecified atom stereocenters. The van der Waals surface area contributed by atoms with Crippen molar-refractivity contribution in [1.29, 1.82) is 0 Å². The molecule has 1 N–H and O–H groups in total. The van der Waals surface area contributed by atoms with Crippen molar-refractivity contribution < 1.29 is 9.52 Å². The van der Waals surface area contributed by atoms with Crippen molar-refractivity contribution in [2.75, 3.05) is 6.61 Å². The van der Waals surface area contributed by atoms with Crippen LogP contribution in [-0.4, -0.2) is 27.6 Å². The summed E-state index contributed by atoms with van der Waals surface area (Å²) in [5.74, 6) is 1.66. The molecule has 3 rings (SSSR count). The van der Waals surface area contributed by atoms with E-state index >= 15 is 0 Å². The normalized spacial score (nSPS) is 12.7. The molecule has 0 bridgehead atoms. The van der Waals surface area contributed by atoms with E-state index in [0.29, 0.717) is 29.1 Å². The van der Waals surface area contributed by atoms with E-state index in [9.17, 15) is 5.11 Å². The second-order valence-corrected chi connectivity index (χ2v) is 7.45. The number of benzene rings is 2. The van der Waals surface area contributed by atoms with Gasteiger partial charge in [-0.3, -0.25) is 4.90 Å². The van der Waals surface area contributed by atoms with E-state index in [1.807, 2.05) is 42.5 Å². The van der Waals surface area contributed by atoms with Gasteiger partial charge in [-0.25, -0.2) is 4.98 Å². The van der Waals surface area contributed by atoms with E-state index in [4.69, 9.17) is 16.0 Å². The van der Waals surface area contributed by atoms with Crippen molar-refractivity contribution in [3.63, 3.8) is 0 Å². The summed E-state index contributed by atoms with van der Waals surface area (Å²) in [5.41, 5.74) is 2.14. The van der Waals surface area contributed by atoms with Gasteiger partial charge in [-0.05, 0) is 35.7 Å². The molecule has 1 aromatic heterocycles. The predicted octanol–water partition coefficient (Wildman–Crippen LogP) is 5.01. The lowest BCUT2D eigenvalue weighted by atomic mass is 10.0. The third kappa shape index (κ3) is 5.19. The van der Waals surface area contributed by atoms with Gasteiger partial charge in [-0.2, -0.15) is 0 Å². The molecule has 27 heavy (non-hydrogen) atoms. The molecule has 0 spiro atoms. The third-order valence-corrected chi connectivity index (χ3v) is 4.93. The summed E-state index contributed by atoms with van der Waals surface area (Å²) in [6.07, 6.45) is 1.74. The lowest BCUT2D eigenvalue weighted by Gasteiger charge is -2.32. The fourth-order valence-electron chi connectivity index (χ4n) is 3.16. The van der Waals surface area contributed by atoms with Gasteiger partial charge in [0.1, 0.15) is 0 Å². The Labute approximate surface area is 165 Å². The second-order valence-electron chi connectivity index (χ2n) is 7.01. The molecule has 1 atom stereocenters. The summed E-state index contributed by atoms with van der Waals surface area (Å²) in [6.45, 7) is 5.59. The minimum atomic E-state index is 0.0242. The smallest absolute Gasteiger partial charge is 0.209 e. The van der Waals surface area contributed by atoms with Crippen LogP contribution in [0.1, 0.15) is 25.3 Å². The number of hydrogen-bond donors (Lipinski definition) is 1. The fraction of sp³-hybridized carbons (Fsp3) is 0.318. The number of aliphatic hydroxyl groups is 1. The monoisotopic (exact) mass is 384 g/mol. The maximum absolute atomic E-state index is 9.93. The summed E-state index contributed by atoms with van der Waals surface area (Å²) in [7, 11) is 0. The Bertz CT molecular complexity index is 831. The third-order valence-electron chi connectivity index (χ3n) is 4.67. The van der Waals surface area contributed by atoms with Gasteiger partial charge >= 0.3 is 0 Å². The molecule has 0 aliphatic carbocycles. The highest BCUT2D eigenvalue weighted by atomic mass is 35.5. The van der Waals surface area contributed by atoms with Crippen molar-refractivity contribution in [2.24, 2.45) is 5.92 Å². The van der Waals surface area contributed by atoms with Gasteiger partial charge in [-0.15, -0.1) is 0 Å². The molecule has 0 fully saturated rings. The van der Waals surface area contributed by atoms with E-state index in [2.05, 4.69) is 35.9 Å². The number of aromatic nitrogens is 1. The second kappa shape index (κ2) is 9.18. The van der Waals surface area contributed by atoms with Crippen LogP contribution < -0.4 is 0 Å². The Morgan fingerprint density at radius 3 is 2.37 bits per heavy atom. The van der Waals surface area contributed by atoms with Crippen LogP contribution in [0.25, 0.3) is 11.3 Å². The van der Waals surface area contributed by atoms with Crippen LogP contribution in [0.15, 0.2) is 65.2 Å². The first kappa shape index (κ1) is 19.6. The van der Waals surface area contributed by atoms with Gasteiger partial charge in [0.15, 0.2) is 5.76 Å². The first-order valence-electron chi connectivity index (χ1n) is 9.16. The summed E-state index contributed by atoms with van der Waals surface area (Å²) in [5, 5.41) is 10.6. The van der Waals surface area contributed by atoms with Crippen LogP contribution in [0, 0.1) is 5.92 Å². The zero-order valence-electron chi connectivity index (χ0n) is 15.7. The zero-order chi connectivity index (χ0) is 19.2. The molecule has 0 amide bonds. The molecular weight excluding hydrogens is 360 g/mol. The quantitative estimate of drug-likeness (QED) is 0.592. The fourth-order valence-corrected chi connectivity index (χ4v) is 3.29. The van der Waals surface area contributed by atoms with Crippen LogP contribution in [0.4, 0.5) is 0 Å². The SMILES string of the molecule is CC(C)C(CO)N(Cc1ccccc1)Cc1ncc(-c2ccc(Cl)cc2)o1. The Morgan fingerprint density at radius 2 is 1.74 bits per heavy atom. The van der Waals surface area contributed by atoms with Gasteiger partial charge in [-0.1, -0.05) is 55.8 Å². The number of rotatable bonds is 8. The Morgan fingerprint density at radius 1 is 1.04 bits per heavy atom. The summed E-state index contributed by atoms with van der Waals surface area (Å²) in [4.78, 5) is 6.67. The number of nitrogens with zero attached hydrogens (tertiary/aromatic N) is 2.